The van der Waals surface area contributed by atoms with Crippen LogP contribution in [-0.2, 0) is 0 Å². The lowest BCUT2D eigenvalue weighted by atomic mass is 9.92. The van der Waals surface area contributed by atoms with E-state index in [-0.39, 0.29) is 5.63 Å². The van der Waals surface area contributed by atoms with Crippen LogP contribution in [0.1, 0.15) is 50.0 Å². The van der Waals surface area contributed by atoms with Gasteiger partial charge in [0.05, 0.1) is 0 Å². The van der Waals surface area contributed by atoms with Gasteiger partial charge in [0.15, 0.2) is 0 Å². The first-order valence-corrected chi connectivity index (χ1v) is 6.87. The molecule has 1 heterocycles. The quantitative estimate of drug-likeness (QED) is 0.553. The second-order valence-corrected chi connectivity index (χ2v) is 5.22. The Morgan fingerprint density at radius 1 is 1.00 bits per heavy atom. The summed E-state index contributed by atoms with van der Waals surface area (Å²) >= 11 is 0. The standard InChI is InChI=1S/C16H18O2/c17-16-14(12-7-3-1-2-4-8-12)11-13-9-5-6-10-15(13)18-16/h5-6,9-12H,1-4,7-8H2. The van der Waals surface area contributed by atoms with Gasteiger partial charge in [-0.25, -0.2) is 4.79 Å². The fourth-order valence-electron chi connectivity index (χ4n) is 2.95. The summed E-state index contributed by atoms with van der Waals surface area (Å²) in [6.45, 7) is 0. The van der Waals surface area contributed by atoms with Crippen molar-refractivity contribution < 1.29 is 4.42 Å². The number of para-hydroxylation sites is 1. The first-order chi connectivity index (χ1) is 8.84. The summed E-state index contributed by atoms with van der Waals surface area (Å²) in [5.74, 6) is 0.397. The maximum atomic E-state index is 12.1. The smallest absolute Gasteiger partial charge is 0.339 e. The lowest BCUT2D eigenvalue weighted by Gasteiger charge is -2.13. The molecule has 1 fully saturated rings. The summed E-state index contributed by atoms with van der Waals surface area (Å²) in [6.07, 6.45) is 7.32. The average molecular weight is 242 g/mol. The summed E-state index contributed by atoms with van der Waals surface area (Å²) in [4.78, 5) is 12.1. The van der Waals surface area contributed by atoms with E-state index in [4.69, 9.17) is 4.42 Å². The van der Waals surface area contributed by atoms with E-state index in [9.17, 15) is 4.79 Å². The van der Waals surface area contributed by atoms with Gasteiger partial charge in [-0.1, -0.05) is 43.9 Å². The third-order valence-electron chi connectivity index (χ3n) is 3.96. The highest BCUT2D eigenvalue weighted by atomic mass is 16.4. The second-order valence-electron chi connectivity index (χ2n) is 5.22. The number of hydrogen-bond donors (Lipinski definition) is 0. The van der Waals surface area contributed by atoms with Crippen molar-refractivity contribution in [1.82, 2.24) is 0 Å². The summed E-state index contributed by atoms with van der Waals surface area (Å²) < 4.78 is 5.43. The molecule has 0 N–H and O–H groups in total. The van der Waals surface area contributed by atoms with Crippen LogP contribution in [0.3, 0.4) is 0 Å². The van der Waals surface area contributed by atoms with Gasteiger partial charge in [0, 0.05) is 10.9 Å². The average Bonchev–Trinajstić information content (AvgIpc) is 2.66. The van der Waals surface area contributed by atoms with Gasteiger partial charge in [-0.2, -0.15) is 0 Å². The predicted octanol–water partition coefficient (Wildman–Crippen LogP) is 4.23. The van der Waals surface area contributed by atoms with Crippen LogP contribution in [0, 0.1) is 0 Å². The Morgan fingerprint density at radius 3 is 2.50 bits per heavy atom. The summed E-state index contributed by atoms with van der Waals surface area (Å²) in [5.41, 5.74) is 1.44. The highest BCUT2D eigenvalue weighted by Crippen LogP contribution is 2.31. The highest BCUT2D eigenvalue weighted by Gasteiger charge is 2.18. The van der Waals surface area contributed by atoms with E-state index in [0.29, 0.717) is 11.5 Å². The molecule has 94 valence electrons. The zero-order valence-corrected chi connectivity index (χ0v) is 10.5. The second kappa shape index (κ2) is 4.97. The predicted molar refractivity (Wildman–Crippen MR) is 72.9 cm³/mol. The minimum Gasteiger partial charge on any atom is -0.423 e. The van der Waals surface area contributed by atoms with Crippen LogP contribution in [-0.4, -0.2) is 0 Å². The van der Waals surface area contributed by atoms with E-state index in [1.165, 1.54) is 25.7 Å². The normalized spacial score (nSPS) is 17.8. The van der Waals surface area contributed by atoms with Gasteiger partial charge in [0.1, 0.15) is 5.58 Å². The minimum atomic E-state index is -0.138. The zero-order chi connectivity index (χ0) is 12.4. The molecule has 3 rings (SSSR count). The molecule has 2 aromatic rings. The Kier molecular flexibility index (Phi) is 3.18. The van der Waals surface area contributed by atoms with Crippen LogP contribution >= 0.6 is 0 Å². The maximum Gasteiger partial charge on any atom is 0.339 e. The van der Waals surface area contributed by atoms with E-state index in [0.717, 1.165) is 23.8 Å². The number of benzene rings is 1. The molecule has 0 radical (unpaired) electrons. The Hall–Kier alpha value is -1.57. The number of fused-ring (bicyclic) bond motifs is 1. The van der Waals surface area contributed by atoms with Crippen molar-refractivity contribution in [2.75, 3.05) is 0 Å². The van der Waals surface area contributed by atoms with E-state index in [2.05, 4.69) is 0 Å². The van der Waals surface area contributed by atoms with Crippen molar-refractivity contribution in [2.24, 2.45) is 0 Å². The van der Waals surface area contributed by atoms with Crippen molar-refractivity contribution in [2.45, 2.75) is 44.4 Å². The molecule has 18 heavy (non-hydrogen) atoms. The van der Waals surface area contributed by atoms with E-state index in [1.807, 2.05) is 30.3 Å². The van der Waals surface area contributed by atoms with Crippen LogP contribution in [0.2, 0.25) is 0 Å². The Bertz CT molecular complexity index is 589. The molecule has 0 amide bonds. The minimum absolute atomic E-state index is 0.138. The van der Waals surface area contributed by atoms with Gasteiger partial charge in [0.2, 0.25) is 0 Å². The van der Waals surface area contributed by atoms with Crippen LogP contribution in [0.4, 0.5) is 0 Å². The van der Waals surface area contributed by atoms with Gasteiger partial charge in [-0.05, 0) is 30.9 Å². The molecular formula is C16H18O2. The summed E-state index contributed by atoms with van der Waals surface area (Å²) in [7, 11) is 0. The molecular weight excluding hydrogens is 224 g/mol. The largest absolute Gasteiger partial charge is 0.423 e. The fraction of sp³-hybridized carbons (Fsp3) is 0.438. The number of hydrogen-bond acceptors (Lipinski definition) is 2. The fourth-order valence-corrected chi connectivity index (χ4v) is 2.95. The molecule has 0 unspecified atom stereocenters. The molecule has 0 atom stereocenters. The molecule has 1 aliphatic carbocycles. The van der Waals surface area contributed by atoms with Gasteiger partial charge < -0.3 is 4.42 Å². The first-order valence-electron chi connectivity index (χ1n) is 6.87. The van der Waals surface area contributed by atoms with Crippen molar-refractivity contribution in [1.29, 1.82) is 0 Å². The molecule has 1 aromatic heterocycles. The monoisotopic (exact) mass is 242 g/mol. The lowest BCUT2D eigenvalue weighted by Crippen LogP contribution is -2.12. The van der Waals surface area contributed by atoms with Crippen molar-refractivity contribution in [3.8, 4) is 0 Å². The topological polar surface area (TPSA) is 30.2 Å². The summed E-state index contributed by atoms with van der Waals surface area (Å²) in [6, 6.07) is 9.79. The van der Waals surface area contributed by atoms with Crippen molar-refractivity contribution in [3.05, 3.63) is 46.3 Å². The maximum absolute atomic E-state index is 12.1. The Morgan fingerprint density at radius 2 is 1.72 bits per heavy atom. The van der Waals surface area contributed by atoms with Crippen molar-refractivity contribution in [3.63, 3.8) is 0 Å². The lowest BCUT2D eigenvalue weighted by molar-refractivity contribution is 0.514. The molecule has 0 spiro atoms. The molecule has 1 aromatic carbocycles. The molecule has 0 bridgehead atoms. The van der Waals surface area contributed by atoms with Gasteiger partial charge in [0.25, 0.3) is 0 Å². The zero-order valence-electron chi connectivity index (χ0n) is 10.5. The first kappa shape index (κ1) is 11.5. The van der Waals surface area contributed by atoms with Gasteiger partial charge in [-0.3, -0.25) is 0 Å². The van der Waals surface area contributed by atoms with Gasteiger partial charge >= 0.3 is 5.63 Å². The third-order valence-corrected chi connectivity index (χ3v) is 3.96. The van der Waals surface area contributed by atoms with E-state index < -0.39 is 0 Å². The van der Waals surface area contributed by atoms with E-state index >= 15 is 0 Å². The molecule has 2 heteroatoms. The van der Waals surface area contributed by atoms with Crippen molar-refractivity contribution >= 4 is 11.0 Å². The molecule has 0 aliphatic heterocycles. The summed E-state index contributed by atoms with van der Waals surface area (Å²) in [5, 5.41) is 1.04. The van der Waals surface area contributed by atoms with Crippen LogP contribution in [0.5, 0.6) is 0 Å². The molecule has 1 aliphatic rings. The highest BCUT2D eigenvalue weighted by molar-refractivity contribution is 5.76. The van der Waals surface area contributed by atoms with Crippen LogP contribution in [0.25, 0.3) is 11.0 Å². The molecule has 1 saturated carbocycles. The molecule has 0 saturated heterocycles. The Labute approximate surface area is 107 Å². The Balaban J connectivity index is 2.04. The SMILES string of the molecule is O=c1oc2ccccc2cc1C1CCCCCC1. The van der Waals surface area contributed by atoms with Crippen LogP contribution < -0.4 is 5.63 Å². The van der Waals surface area contributed by atoms with Crippen LogP contribution in [0.15, 0.2) is 39.5 Å². The van der Waals surface area contributed by atoms with E-state index in [1.54, 1.807) is 0 Å². The third kappa shape index (κ3) is 2.20. The molecule has 2 nitrogen and oxygen atoms in total. The van der Waals surface area contributed by atoms with Gasteiger partial charge in [-0.15, -0.1) is 0 Å². The number of rotatable bonds is 1.